The molecule has 144 valence electrons. The third kappa shape index (κ3) is 4.28. The van der Waals surface area contributed by atoms with E-state index in [9.17, 15) is 13.2 Å². The standard InChI is InChI=1S/C20H23ClN2O3S/c1-14-13-15(20(24)22-17-5-3-4-6-17)7-12-19(14)23(2)27(25,26)18-10-8-16(21)9-11-18/h7-13,17H,3-6H2,1-2H3,(H,22,24). The molecule has 0 unspecified atom stereocenters. The molecule has 1 fully saturated rings. The lowest BCUT2D eigenvalue weighted by Crippen LogP contribution is -2.32. The van der Waals surface area contributed by atoms with E-state index in [-0.39, 0.29) is 16.8 Å². The van der Waals surface area contributed by atoms with Crippen LogP contribution in [0.4, 0.5) is 5.69 Å². The van der Waals surface area contributed by atoms with Crippen LogP contribution in [-0.4, -0.2) is 27.4 Å². The van der Waals surface area contributed by atoms with E-state index in [1.165, 1.54) is 23.5 Å². The summed E-state index contributed by atoms with van der Waals surface area (Å²) in [6.45, 7) is 1.80. The summed E-state index contributed by atoms with van der Waals surface area (Å²) < 4.78 is 26.9. The summed E-state index contributed by atoms with van der Waals surface area (Å²) in [5.74, 6) is -0.111. The molecule has 3 rings (SSSR count). The minimum absolute atomic E-state index is 0.111. The van der Waals surface area contributed by atoms with Gasteiger partial charge in [0, 0.05) is 23.7 Å². The molecule has 0 spiro atoms. The molecule has 1 amide bonds. The molecule has 1 saturated carbocycles. The van der Waals surface area contributed by atoms with Crippen LogP contribution in [0.15, 0.2) is 47.4 Å². The van der Waals surface area contributed by atoms with Crippen molar-refractivity contribution in [1.82, 2.24) is 5.32 Å². The molecule has 2 aromatic carbocycles. The van der Waals surface area contributed by atoms with Crippen LogP contribution in [0, 0.1) is 6.92 Å². The Labute approximate surface area is 165 Å². The van der Waals surface area contributed by atoms with E-state index in [1.54, 1.807) is 37.3 Å². The highest BCUT2D eigenvalue weighted by atomic mass is 35.5. The Morgan fingerprint density at radius 1 is 1.11 bits per heavy atom. The Bertz CT molecular complexity index is 936. The van der Waals surface area contributed by atoms with Gasteiger partial charge in [0.2, 0.25) is 0 Å². The highest BCUT2D eigenvalue weighted by Crippen LogP contribution is 2.27. The van der Waals surface area contributed by atoms with Crippen LogP contribution >= 0.6 is 11.6 Å². The lowest BCUT2D eigenvalue weighted by Gasteiger charge is -2.22. The number of carbonyl (C=O) groups excluding carboxylic acids is 1. The van der Waals surface area contributed by atoms with Crippen molar-refractivity contribution in [3.8, 4) is 0 Å². The number of amides is 1. The van der Waals surface area contributed by atoms with Crippen molar-refractivity contribution in [3.63, 3.8) is 0 Å². The van der Waals surface area contributed by atoms with Gasteiger partial charge in [-0.2, -0.15) is 0 Å². The molecular weight excluding hydrogens is 384 g/mol. The smallest absolute Gasteiger partial charge is 0.264 e. The van der Waals surface area contributed by atoms with E-state index < -0.39 is 10.0 Å². The summed E-state index contributed by atoms with van der Waals surface area (Å²) in [7, 11) is -2.20. The van der Waals surface area contributed by atoms with Crippen LogP contribution in [0.5, 0.6) is 0 Å². The van der Waals surface area contributed by atoms with Crippen molar-refractivity contribution < 1.29 is 13.2 Å². The molecule has 0 heterocycles. The zero-order chi connectivity index (χ0) is 19.6. The van der Waals surface area contributed by atoms with Crippen molar-refractivity contribution in [2.75, 3.05) is 11.4 Å². The molecule has 0 bridgehead atoms. The Balaban J connectivity index is 1.82. The molecule has 1 aliphatic carbocycles. The lowest BCUT2D eigenvalue weighted by molar-refractivity contribution is 0.0938. The number of nitrogens with one attached hydrogen (secondary N) is 1. The van der Waals surface area contributed by atoms with Crippen LogP contribution in [0.3, 0.4) is 0 Å². The molecule has 27 heavy (non-hydrogen) atoms. The largest absolute Gasteiger partial charge is 0.349 e. The average Bonchev–Trinajstić information content (AvgIpc) is 3.14. The maximum absolute atomic E-state index is 12.8. The molecule has 7 heteroatoms. The number of carbonyl (C=O) groups is 1. The van der Waals surface area contributed by atoms with Gasteiger partial charge in [-0.25, -0.2) is 8.42 Å². The summed E-state index contributed by atoms with van der Waals surface area (Å²) in [4.78, 5) is 12.6. The van der Waals surface area contributed by atoms with Gasteiger partial charge in [0.25, 0.3) is 15.9 Å². The number of anilines is 1. The number of nitrogens with zero attached hydrogens (tertiary/aromatic N) is 1. The first-order chi connectivity index (χ1) is 12.8. The molecule has 5 nitrogen and oxygen atoms in total. The highest BCUT2D eigenvalue weighted by molar-refractivity contribution is 7.92. The average molecular weight is 407 g/mol. The molecule has 1 aliphatic rings. The minimum Gasteiger partial charge on any atom is -0.349 e. The summed E-state index contributed by atoms with van der Waals surface area (Å²) >= 11 is 5.85. The van der Waals surface area contributed by atoms with E-state index in [2.05, 4.69) is 5.32 Å². The zero-order valence-corrected chi connectivity index (χ0v) is 17.0. The monoisotopic (exact) mass is 406 g/mol. The molecule has 0 aromatic heterocycles. The van der Waals surface area contributed by atoms with E-state index in [4.69, 9.17) is 11.6 Å². The van der Waals surface area contributed by atoms with Gasteiger partial charge in [-0.05, 0) is 67.8 Å². The van der Waals surface area contributed by atoms with Crippen LogP contribution in [0.25, 0.3) is 0 Å². The number of hydrogen-bond acceptors (Lipinski definition) is 3. The fourth-order valence-corrected chi connectivity index (χ4v) is 4.77. The number of aryl methyl sites for hydroxylation is 1. The van der Waals surface area contributed by atoms with Crippen molar-refractivity contribution >= 4 is 33.2 Å². The van der Waals surface area contributed by atoms with Crippen LogP contribution in [0.2, 0.25) is 5.02 Å². The van der Waals surface area contributed by atoms with Crippen molar-refractivity contribution in [2.45, 2.75) is 43.5 Å². The SMILES string of the molecule is Cc1cc(C(=O)NC2CCCC2)ccc1N(C)S(=O)(=O)c1ccc(Cl)cc1. The van der Waals surface area contributed by atoms with Gasteiger partial charge in [-0.1, -0.05) is 24.4 Å². The number of halogens is 1. The van der Waals surface area contributed by atoms with E-state index >= 15 is 0 Å². The predicted octanol–water partition coefficient (Wildman–Crippen LogP) is 4.15. The van der Waals surface area contributed by atoms with Gasteiger partial charge < -0.3 is 5.32 Å². The molecule has 0 radical (unpaired) electrons. The first-order valence-electron chi connectivity index (χ1n) is 8.95. The van der Waals surface area contributed by atoms with E-state index in [0.717, 1.165) is 25.7 Å². The minimum atomic E-state index is -3.71. The van der Waals surface area contributed by atoms with Crippen molar-refractivity contribution in [2.24, 2.45) is 0 Å². The fourth-order valence-electron chi connectivity index (χ4n) is 3.38. The quantitative estimate of drug-likeness (QED) is 0.811. The fraction of sp³-hybridized carbons (Fsp3) is 0.350. The number of hydrogen-bond donors (Lipinski definition) is 1. The summed E-state index contributed by atoms with van der Waals surface area (Å²) in [6, 6.07) is 11.4. The number of sulfonamides is 1. The Hall–Kier alpha value is -2.05. The Kier molecular flexibility index (Phi) is 5.77. The second-order valence-electron chi connectivity index (χ2n) is 6.88. The van der Waals surface area contributed by atoms with Crippen LogP contribution in [0.1, 0.15) is 41.6 Å². The van der Waals surface area contributed by atoms with E-state index in [1.807, 2.05) is 0 Å². The van der Waals surface area contributed by atoms with E-state index in [0.29, 0.717) is 21.8 Å². The third-order valence-corrected chi connectivity index (χ3v) is 7.00. The summed E-state index contributed by atoms with van der Waals surface area (Å²) in [5.41, 5.74) is 1.79. The second-order valence-corrected chi connectivity index (χ2v) is 9.29. The first kappa shape index (κ1) is 19.7. The topological polar surface area (TPSA) is 66.5 Å². The van der Waals surface area contributed by atoms with Gasteiger partial charge in [0.05, 0.1) is 10.6 Å². The Morgan fingerprint density at radius 3 is 2.33 bits per heavy atom. The number of benzene rings is 2. The molecule has 0 aliphatic heterocycles. The molecule has 0 atom stereocenters. The third-order valence-electron chi connectivity index (χ3n) is 4.96. The molecular formula is C20H23ClN2O3S. The van der Waals surface area contributed by atoms with Gasteiger partial charge >= 0.3 is 0 Å². The molecule has 1 N–H and O–H groups in total. The molecule has 0 saturated heterocycles. The molecule has 2 aromatic rings. The normalized spacial score (nSPS) is 14.9. The zero-order valence-electron chi connectivity index (χ0n) is 15.4. The first-order valence-corrected chi connectivity index (χ1v) is 10.8. The highest BCUT2D eigenvalue weighted by Gasteiger charge is 2.23. The maximum atomic E-state index is 12.8. The summed E-state index contributed by atoms with van der Waals surface area (Å²) in [6.07, 6.45) is 4.34. The van der Waals surface area contributed by atoms with Crippen LogP contribution < -0.4 is 9.62 Å². The van der Waals surface area contributed by atoms with Crippen LogP contribution in [-0.2, 0) is 10.0 Å². The Morgan fingerprint density at radius 2 is 1.74 bits per heavy atom. The number of rotatable bonds is 5. The van der Waals surface area contributed by atoms with Gasteiger partial charge in [0.15, 0.2) is 0 Å². The summed E-state index contributed by atoms with van der Waals surface area (Å²) in [5, 5.41) is 3.53. The predicted molar refractivity (Wildman–Crippen MR) is 108 cm³/mol. The van der Waals surface area contributed by atoms with Crippen molar-refractivity contribution in [1.29, 1.82) is 0 Å². The van der Waals surface area contributed by atoms with Gasteiger partial charge in [0.1, 0.15) is 0 Å². The van der Waals surface area contributed by atoms with Crippen molar-refractivity contribution in [3.05, 3.63) is 58.6 Å². The lowest BCUT2D eigenvalue weighted by atomic mass is 10.1. The second kappa shape index (κ2) is 7.90. The maximum Gasteiger partial charge on any atom is 0.264 e. The van der Waals surface area contributed by atoms with Gasteiger partial charge in [-0.15, -0.1) is 0 Å². The van der Waals surface area contributed by atoms with Gasteiger partial charge in [-0.3, -0.25) is 9.10 Å².